The Hall–Kier alpha value is -0.300. The van der Waals surface area contributed by atoms with Gasteiger partial charge in [-0.3, -0.25) is 0 Å². The summed E-state index contributed by atoms with van der Waals surface area (Å²) in [7, 11) is 0. The van der Waals surface area contributed by atoms with E-state index in [1.54, 1.807) is 0 Å². The molecule has 1 atom stereocenters. The molecule has 1 nitrogen and oxygen atoms in total. The van der Waals surface area contributed by atoms with Crippen LogP contribution >= 0.6 is 0 Å². The Balaban J connectivity index is 2.26. The van der Waals surface area contributed by atoms with Gasteiger partial charge in [0, 0.05) is 0 Å². The molecule has 1 fully saturated rings. The molecule has 1 N–H and O–H groups in total. The van der Waals surface area contributed by atoms with Crippen LogP contribution < -0.4 is 5.32 Å². The lowest BCUT2D eigenvalue weighted by molar-refractivity contribution is 0.577. The highest BCUT2D eigenvalue weighted by Gasteiger charge is 2.06. The van der Waals surface area contributed by atoms with Crippen LogP contribution in [0.15, 0.2) is 12.7 Å². The Kier molecular flexibility index (Phi) is 2.78. The highest BCUT2D eigenvalue weighted by Crippen LogP contribution is 2.13. The van der Waals surface area contributed by atoms with Gasteiger partial charge >= 0.3 is 0 Å². The third-order valence-electron chi connectivity index (χ3n) is 1.95. The summed E-state index contributed by atoms with van der Waals surface area (Å²) in [4.78, 5) is 0. The number of rotatable bonds is 1. The van der Waals surface area contributed by atoms with E-state index in [9.17, 15) is 0 Å². The molecule has 52 valence electrons. The van der Waals surface area contributed by atoms with E-state index < -0.39 is 0 Å². The van der Waals surface area contributed by atoms with Crippen molar-refractivity contribution in [3.63, 3.8) is 0 Å². The first-order chi connectivity index (χ1) is 4.43. The molecule has 1 heteroatoms. The number of hydrogen-bond acceptors (Lipinski definition) is 1. The average molecular weight is 125 g/mol. The van der Waals surface area contributed by atoms with Crippen LogP contribution in [-0.4, -0.2) is 13.1 Å². The zero-order valence-electron chi connectivity index (χ0n) is 5.90. The summed E-state index contributed by atoms with van der Waals surface area (Å²) in [6.07, 6.45) is 6.02. The lowest BCUT2D eigenvalue weighted by Crippen LogP contribution is -2.13. The Morgan fingerprint density at radius 1 is 1.33 bits per heavy atom. The molecule has 0 bridgehead atoms. The van der Waals surface area contributed by atoms with E-state index in [2.05, 4.69) is 18.0 Å². The maximum absolute atomic E-state index is 3.80. The first kappa shape index (κ1) is 6.81. The molecule has 0 spiro atoms. The molecule has 0 radical (unpaired) electrons. The molecule has 1 aliphatic heterocycles. The molecule has 1 rings (SSSR count). The van der Waals surface area contributed by atoms with Crippen LogP contribution in [0.4, 0.5) is 0 Å². The van der Waals surface area contributed by atoms with Crippen molar-refractivity contribution in [2.45, 2.75) is 19.3 Å². The molecule has 0 saturated carbocycles. The minimum absolute atomic E-state index is 0.778. The molecule has 0 aromatic carbocycles. The van der Waals surface area contributed by atoms with Crippen molar-refractivity contribution in [2.24, 2.45) is 5.92 Å². The van der Waals surface area contributed by atoms with E-state index in [1.165, 1.54) is 32.4 Å². The van der Waals surface area contributed by atoms with Gasteiger partial charge in [-0.1, -0.05) is 6.08 Å². The lowest BCUT2D eigenvalue weighted by atomic mass is 10.0. The van der Waals surface area contributed by atoms with Crippen molar-refractivity contribution in [1.82, 2.24) is 5.32 Å². The van der Waals surface area contributed by atoms with Gasteiger partial charge in [0.15, 0.2) is 0 Å². The summed E-state index contributed by atoms with van der Waals surface area (Å²) in [5.41, 5.74) is 0. The summed E-state index contributed by atoms with van der Waals surface area (Å²) < 4.78 is 0. The number of nitrogens with one attached hydrogen (secondary N) is 1. The van der Waals surface area contributed by atoms with Crippen LogP contribution in [-0.2, 0) is 0 Å². The van der Waals surface area contributed by atoms with E-state index in [1.807, 2.05) is 0 Å². The summed E-state index contributed by atoms with van der Waals surface area (Å²) in [6, 6.07) is 0. The minimum atomic E-state index is 0.778. The zero-order valence-corrected chi connectivity index (χ0v) is 5.90. The second-order valence-corrected chi connectivity index (χ2v) is 2.68. The standard InChI is InChI=1S/C8H15N/c1-2-8-4-3-6-9-7-5-8/h2,8-9H,1,3-7H2/t8-/m0/s1. The van der Waals surface area contributed by atoms with Crippen LogP contribution in [0.2, 0.25) is 0 Å². The van der Waals surface area contributed by atoms with E-state index >= 15 is 0 Å². The molecule has 9 heavy (non-hydrogen) atoms. The Morgan fingerprint density at radius 3 is 3.00 bits per heavy atom. The average Bonchev–Trinajstić information content (AvgIpc) is 2.13. The zero-order chi connectivity index (χ0) is 6.53. The van der Waals surface area contributed by atoms with Crippen LogP contribution in [0.25, 0.3) is 0 Å². The van der Waals surface area contributed by atoms with Gasteiger partial charge in [-0.15, -0.1) is 6.58 Å². The first-order valence-electron chi connectivity index (χ1n) is 3.77. The molecule has 0 unspecified atom stereocenters. The summed E-state index contributed by atoms with van der Waals surface area (Å²) in [5.74, 6) is 0.778. The van der Waals surface area contributed by atoms with Gasteiger partial charge in [-0.25, -0.2) is 0 Å². The van der Waals surface area contributed by atoms with Crippen molar-refractivity contribution in [1.29, 1.82) is 0 Å². The van der Waals surface area contributed by atoms with Crippen molar-refractivity contribution in [3.8, 4) is 0 Å². The second kappa shape index (κ2) is 3.67. The molecule has 0 amide bonds. The summed E-state index contributed by atoms with van der Waals surface area (Å²) in [6.45, 7) is 6.17. The fourth-order valence-corrected chi connectivity index (χ4v) is 1.28. The Bertz CT molecular complexity index is 80.6. The monoisotopic (exact) mass is 125 g/mol. The van der Waals surface area contributed by atoms with E-state index in [0.717, 1.165) is 5.92 Å². The van der Waals surface area contributed by atoms with Crippen molar-refractivity contribution in [2.75, 3.05) is 13.1 Å². The van der Waals surface area contributed by atoms with Crippen molar-refractivity contribution >= 4 is 0 Å². The predicted octanol–water partition coefficient (Wildman–Crippen LogP) is 1.56. The molecule has 0 aromatic rings. The first-order valence-corrected chi connectivity index (χ1v) is 3.77. The fraction of sp³-hybridized carbons (Fsp3) is 0.750. The van der Waals surface area contributed by atoms with Gasteiger partial charge in [0.1, 0.15) is 0 Å². The topological polar surface area (TPSA) is 12.0 Å². The van der Waals surface area contributed by atoms with Gasteiger partial charge in [0.05, 0.1) is 0 Å². The largest absolute Gasteiger partial charge is 0.317 e. The van der Waals surface area contributed by atoms with E-state index in [-0.39, 0.29) is 0 Å². The smallest absolute Gasteiger partial charge is 0.00433 e. The van der Waals surface area contributed by atoms with Gasteiger partial charge in [-0.05, 0) is 38.3 Å². The molecule has 0 aliphatic carbocycles. The van der Waals surface area contributed by atoms with Crippen LogP contribution in [0.3, 0.4) is 0 Å². The maximum atomic E-state index is 3.80. The van der Waals surface area contributed by atoms with Crippen LogP contribution in [0.1, 0.15) is 19.3 Å². The molecule has 0 aromatic heterocycles. The van der Waals surface area contributed by atoms with Crippen LogP contribution in [0, 0.1) is 5.92 Å². The van der Waals surface area contributed by atoms with Gasteiger partial charge in [0.25, 0.3) is 0 Å². The van der Waals surface area contributed by atoms with Crippen molar-refractivity contribution in [3.05, 3.63) is 12.7 Å². The molecule has 1 heterocycles. The second-order valence-electron chi connectivity index (χ2n) is 2.68. The number of hydrogen-bond donors (Lipinski definition) is 1. The highest BCUT2D eigenvalue weighted by atomic mass is 14.8. The Labute approximate surface area is 57.1 Å². The normalized spacial score (nSPS) is 29.1. The maximum Gasteiger partial charge on any atom is -0.00433 e. The van der Waals surface area contributed by atoms with Gasteiger partial charge < -0.3 is 5.32 Å². The van der Waals surface area contributed by atoms with Crippen LogP contribution in [0.5, 0.6) is 0 Å². The van der Waals surface area contributed by atoms with E-state index in [0.29, 0.717) is 0 Å². The summed E-state index contributed by atoms with van der Waals surface area (Å²) in [5, 5.41) is 3.36. The van der Waals surface area contributed by atoms with Crippen molar-refractivity contribution < 1.29 is 0 Å². The molecule has 1 aliphatic rings. The SMILES string of the molecule is C=C[C@H]1CCCNCC1. The predicted molar refractivity (Wildman–Crippen MR) is 40.4 cm³/mol. The van der Waals surface area contributed by atoms with Gasteiger partial charge in [0.2, 0.25) is 0 Å². The molecule has 1 saturated heterocycles. The minimum Gasteiger partial charge on any atom is -0.317 e. The third-order valence-corrected chi connectivity index (χ3v) is 1.95. The quantitative estimate of drug-likeness (QED) is 0.524. The highest BCUT2D eigenvalue weighted by molar-refractivity contribution is 4.81. The number of allylic oxidation sites excluding steroid dienone is 1. The van der Waals surface area contributed by atoms with Gasteiger partial charge in [-0.2, -0.15) is 0 Å². The molecular formula is C8H15N. The Morgan fingerprint density at radius 2 is 2.22 bits per heavy atom. The molecular weight excluding hydrogens is 110 g/mol. The fourth-order valence-electron chi connectivity index (χ4n) is 1.28. The third kappa shape index (κ3) is 2.19. The lowest BCUT2D eigenvalue weighted by Gasteiger charge is -2.04. The van der Waals surface area contributed by atoms with E-state index in [4.69, 9.17) is 0 Å². The summed E-state index contributed by atoms with van der Waals surface area (Å²) >= 11 is 0.